The van der Waals surface area contributed by atoms with Crippen LogP contribution in [-0.4, -0.2) is 44.4 Å². The molecule has 0 radical (unpaired) electrons. The maximum atomic E-state index is 11.0. The second kappa shape index (κ2) is 4.04. The first-order valence-corrected chi connectivity index (χ1v) is 4.26. The number of nitrogens with two attached hydrogens (primary N) is 1. The van der Waals surface area contributed by atoms with E-state index in [-0.39, 0.29) is 12.7 Å². The Morgan fingerprint density at radius 3 is 2.69 bits per heavy atom. The van der Waals surface area contributed by atoms with Crippen LogP contribution in [0.5, 0.6) is 0 Å². The number of nitrogens with one attached hydrogen (secondary N) is 1. The third kappa shape index (κ3) is 2.40. The molecule has 5 nitrogen and oxygen atoms in total. The molecule has 1 aliphatic rings. The molecule has 5 heteroatoms. The zero-order valence-corrected chi connectivity index (χ0v) is 8.00. The van der Waals surface area contributed by atoms with Crippen LogP contribution >= 0.6 is 0 Å². The molecule has 1 unspecified atom stereocenters. The topological polar surface area (TPSA) is 73.6 Å². The van der Waals surface area contributed by atoms with Crippen LogP contribution in [-0.2, 0) is 14.3 Å². The normalized spacial score (nSPS) is 22.0. The van der Waals surface area contributed by atoms with Crippen LogP contribution in [0.3, 0.4) is 0 Å². The number of rotatable bonds is 5. The van der Waals surface area contributed by atoms with Gasteiger partial charge in [0, 0.05) is 0 Å². The summed E-state index contributed by atoms with van der Waals surface area (Å²) in [5, 5.41) is 2.84. The number of ether oxygens (including phenoxy) is 2. The number of likely N-dealkylation sites (N-methyl/N-ethyl adjacent to an activating group) is 1. The quantitative estimate of drug-likeness (QED) is 0.572. The molecule has 1 rings (SSSR count). The maximum Gasteiger partial charge on any atom is 0.239 e. The van der Waals surface area contributed by atoms with Crippen LogP contribution in [0.4, 0.5) is 0 Å². The SMILES string of the molecule is CNC(C)(COC1COC1)C(N)=O. The molecule has 0 spiro atoms. The Bertz CT molecular complexity index is 194. The van der Waals surface area contributed by atoms with E-state index in [4.69, 9.17) is 15.2 Å². The summed E-state index contributed by atoms with van der Waals surface area (Å²) in [6.45, 7) is 3.22. The van der Waals surface area contributed by atoms with Gasteiger partial charge in [0.05, 0.1) is 19.8 Å². The highest BCUT2D eigenvalue weighted by Crippen LogP contribution is 2.10. The highest BCUT2D eigenvalue weighted by Gasteiger charge is 2.31. The molecule has 1 saturated heterocycles. The van der Waals surface area contributed by atoms with E-state index in [1.54, 1.807) is 14.0 Å². The summed E-state index contributed by atoms with van der Waals surface area (Å²) in [5.41, 5.74) is 4.43. The predicted octanol–water partition coefficient (Wildman–Crippen LogP) is -1.13. The van der Waals surface area contributed by atoms with Crippen molar-refractivity contribution in [2.75, 3.05) is 26.9 Å². The van der Waals surface area contributed by atoms with Gasteiger partial charge in [-0.15, -0.1) is 0 Å². The minimum absolute atomic E-state index is 0.118. The lowest BCUT2D eigenvalue weighted by molar-refractivity contribution is -0.148. The monoisotopic (exact) mass is 188 g/mol. The third-order valence-electron chi connectivity index (χ3n) is 2.31. The summed E-state index contributed by atoms with van der Waals surface area (Å²) in [6.07, 6.45) is 0.118. The lowest BCUT2D eigenvalue weighted by Crippen LogP contribution is -2.56. The number of hydrogen-bond donors (Lipinski definition) is 2. The van der Waals surface area contributed by atoms with Gasteiger partial charge in [-0.05, 0) is 14.0 Å². The Balaban J connectivity index is 2.33. The van der Waals surface area contributed by atoms with Crippen LogP contribution in [0.15, 0.2) is 0 Å². The first kappa shape index (κ1) is 10.4. The van der Waals surface area contributed by atoms with Gasteiger partial charge >= 0.3 is 0 Å². The highest BCUT2D eigenvalue weighted by atomic mass is 16.6. The molecule has 13 heavy (non-hydrogen) atoms. The van der Waals surface area contributed by atoms with Crippen LogP contribution in [0.1, 0.15) is 6.92 Å². The molecule has 3 N–H and O–H groups in total. The predicted molar refractivity (Wildman–Crippen MR) is 47.2 cm³/mol. The van der Waals surface area contributed by atoms with Gasteiger partial charge < -0.3 is 20.5 Å². The van der Waals surface area contributed by atoms with Gasteiger partial charge in [-0.3, -0.25) is 4.79 Å². The van der Waals surface area contributed by atoms with E-state index < -0.39 is 11.4 Å². The number of hydrogen-bond acceptors (Lipinski definition) is 4. The van der Waals surface area contributed by atoms with Crippen molar-refractivity contribution in [3.8, 4) is 0 Å². The van der Waals surface area contributed by atoms with Crippen molar-refractivity contribution < 1.29 is 14.3 Å². The van der Waals surface area contributed by atoms with Crippen molar-refractivity contribution in [1.82, 2.24) is 5.32 Å². The van der Waals surface area contributed by atoms with Crippen molar-refractivity contribution in [3.63, 3.8) is 0 Å². The first-order chi connectivity index (χ1) is 6.08. The van der Waals surface area contributed by atoms with Crippen LogP contribution < -0.4 is 11.1 Å². The Hall–Kier alpha value is -0.650. The van der Waals surface area contributed by atoms with E-state index in [1.165, 1.54) is 0 Å². The van der Waals surface area contributed by atoms with Crippen molar-refractivity contribution in [2.24, 2.45) is 5.73 Å². The van der Waals surface area contributed by atoms with E-state index >= 15 is 0 Å². The fourth-order valence-corrected chi connectivity index (χ4v) is 0.861. The molecule has 0 aromatic carbocycles. The molecular weight excluding hydrogens is 172 g/mol. The summed E-state index contributed by atoms with van der Waals surface area (Å²) < 4.78 is 10.3. The molecule has 0 aromatic rings. The van der Waals surface area contributed by atoms with Crippen LogP contribution in [0.2, 0.25) is 0 Å². The second-order valence-corrected chi connectivity index (χ2v) is 3.42. The number of carbonyl (C=O) groups is 1. The molecule has 0 aliphatic carbocycles. The minimum atomic E-state index is -0.782. The average Bonchev–Trinajstić information content (AvgIpc) is 2.01. The number of carbonyl (C=O) groups excluding carboxylic acids is 1. The van der Waals surface area contributed by atoms with E-state index in [0.717, 1.165) is 0 Å². The molecule has 1 heterocycles. The fourth-order valence-electron chi connectivity index (χ4n) is 0.861. The van der Waals surface area contributed by atoms with Crippen molar-refractivity contribution >= 4 is 5.91 Å². The Morgan fingerprint density at radius 1 is 1.77 bits per heavy atom. The van der Waals surface area contributed by atoms with Gasteiger partial charge in [0.2, 0.25) is 5.91 Å². The van der Waals surface area contributed by atoms with E-state index in [2.05, 4.69) is 5.32 Å². The molecule has 1 atom stereocenters. The molecule has 0 aromatic heterocycles. The lowest BCUT2D eigenvalue weighted by atomic mass is 10.0. The van der Waals surface area contributed by atoms with Gasteiger partial charge in [-0.25, -0.2) is 0 Å². The van der Waals surface area contributed by atoms with Gasteiger partial charge in [-0.1, -0.05) is 0 Å². The first-order valence-electron chi connectivity index (χ1n) is 4.26. The van der Waals surface area contributed by atoms with E-state index in [9.17, 15) is 4.79 Å². The standard InChI is InChI=1S/C8H16N2O3/c1-8(10-2,7(9)11)5-13-6-3-12-4-6/h6,10H,3-5H2,1-2H3,(H2,9,11). The molecule has 1 fully saturated rings. The second-order valence-electron chi connectivity index (χ2n) is 3.42. The van der Waals surface area contributed by atoms with Crippen LogP contribution in [0, 0.1) is 0 Å². The van der Waals surface area contributed by atoms with Crippen molar-refractivity contribution in [1.29, 1.82) is 0 Å². The van der Waals surface area contributed by atoms with Gasteiger partial charge in [0.25, 0.3) is 0 Å². The molecule has 1 amide bonds. The molecule has 0 bridgehead atoms. The Morgan fingerprint density at radius 2 is 2.38 bits per heavy atom. The Labute approximate surface area is 77.6 Å². The zero-order chi connectivity index (χ0) is 9.90. The average molecular weight is 188 g/mol. The van der Waals surface area contributed by atoms with Gasteiger partial charge in [0.1, 0.15) is 11.6 Å². The summed E-state index contributed by atoms with van der Waals surface area (Å²) in [7, 11) is 1.69. The summed E-state index contributed by atoms with van der Waals surface area (Å²) in [6, 6.07) is 0. The minimum Gasteiger partial charge on any atom is -0.376 e. The molecule has 1 aliphatic heterocycles. The molecular formula is C8H16N2O3. The lowest BCUT2D eigenvalue weighted by Gasteiger charge is -2.31. The molecule has 76 valence electrons. The Kier molecular flexibility index (Phi) is 3.24. The van der Waals surface area contributed by atoms with Crippen molar-refractivity contribution in [2.45, 2.75) is 18.6 Å². The summed E-state index contributed by atoms with van der Waals surface area (Å²) >= 11 is 0. The largest absolute Gasteiger partial charge is 0.376 e. The third-order valence-corrected chi connectivity index (χ3v) is 2.31. The number of primary amides is 1. The fraction of sp³-hybridized carbons (Fsp3) is 0.875. The number of amides is 1. The smallest absolute Gasteiger partial charge is 0.239 e. The highest BCUT2D eigenvalue weighted by molar-refractivity contribution is 5.84. The maximum absolute atomic E-state index is 11.0. The van der Waals surface area contributed by atoms with E-state index in [0.29, 0.717) is 13.2 Å². The summed E-state index contributed by atoms with van der Waals surface area (Å²) in [5.74, 6) is -0.407. The van der Waals surface area contributed by atoms with Gasteiger partial charge in [-0.2, -0.15) is 0 Å². The van der Waals surface area contributed by atoms with Crippen molar-refractivity contribution in [3.05, 3.63) is 0 Å². The van der Waals surface area contributed by atoms with Crippen LogP contribution in [0.25, 0.3) is 0 Å². The van der Waals surface area contributed by atoms with E-state index in [1.807, 2.05) is 0 Å². The summed E-state index contributed by atoms with van der Waals surface area (Å²) in [4.78, 5) is 11.0. The molecule has 0 saturated carbocycles. The van der Waals surface area contributed by atoms with Gasteiger partial charge in [0.15, 0.2) is 0 Å². The zero-order valence-electron chi connectivity index (χ0n) is 8.00.